The molecule has 0 spiro atoms. The largest absolute Gasteiger partial charge is 0.322 e. The minimum absolute atomic E-state index is 0.0594. The standard InChI is InChI=1S/C16H15N3O2S/c1-10-8-14(20)18-19-15(10)11-2-4-13(5-3-11)17-16(21)12-6-7-22-9-12/h2-7,9-10H,8H2,1H3,(H,17,21)(H,18,20). The monoisotopic (exact) mass is 313 g/mol. The topological polar surface area (TPSA) is 70.6 Å². The maximum atomic E-state index is 12.0. The summed E-state index contributed by atoms with van der Waals surface area (Å²) >= 11 is 1.49. The molecule has 0 bridgehead atoms. The van der Waals surface area contributed by atoms with E-state index < -0.39 is 0 Å². The van der Waals surface area contributed by atoms with E-state index in [9.17, 15) is 9.59 Å². The highest BCUT2D eigenvalue weighted by Crippen LogP contribution is 2.19. The molecular weight excluding hydrogens is 298 g/mol. The van der Waals surface area contributed by atoms with Crippen molar-refractivity contribution in [1.82, 2.24) is 5.43 Å². The summed E-state index contributed by atoms with van der Waals surface area (Å²) in [5.41, 5.74) is 5.69. The number of thiophene rings is 1. The first-order valence-corrected chi connectivity index (χ1v) is 7.88. The van der Waals surface area contributed by atoms with Crippen LogP contribution in [0.1, 0.15) is 29.3 Å². The normalized spacial score (nSPS) is 17.6. The van der Waals surface area contributed by atoms with Gasteiger partial charge >= 0.3 is 0 Å². The lowest BCUT2D eigenvalue weighted by Gasteiger charge is -2.19. The van der Waals surface area contributed by atoms with E-state index in [1.165, 1.54) is 11.3 Å². The van der Waals surface area contributed by atoms with Crippen molar-refractivity contribution in [2.24, 2.45) is 11.0 Å². The van der Waals surface area contributed by atoms with Crippen molar-refractivity contribution in [3.8, 4) is 0 Å². The molecule has 2 amide bonds. The summed E-state index contributed by atoms with van der Waals surface area (Å²) in [6, 6.07) is 9.26. The number of carbonyl (C=O) groups is 2. The van der Waals surface area contributed by atoms with Gasteiger partial charge in [0.2, 0.25) is 5.91 Å². The van der Waals surface area contributed by atoms with Crippen molar-refractivity contribution < 1.29 is 9.59 Å². The maximum Gasteiger partial charge on any atom is 0.256 e. The average Bonchev–Trinajstić information content (AvgIpc) is 3.03. The van der Waals surface area contributed by atoms with Crippen molar-refractivity contribution in [3.05, 3.63) is 52.2 Å². The van der Waals surface area contributed by atoms with Crippen LogP contribution in [-0.2, 0) is 4.79 Å². The number of anilines is 1. The number of amides is 2. The molecule has 1 unspecified atom stereocenters. The minimum atomic E-state index is -0.121. The second kappa shape index (κ2) is 6.11. The van der Waals surface area contributed by atoms with Crippen LogP contribution in [0.3, 0.4) is 0 Å². The number of nitrogens with one attached hydrogen (secondary N) is 2. The van der Waals surface area contributed by atoms with E-state index in [2.05, 4.69) is 15.8 Å². The van der Waals surface area contributed by atoms with Gasteiger partial charge in [0, 0.05) is 23.4 Å². The summed E-state index contributed by atoms with van der Waals surface area (Å²) in [6.07, 6.45) is 0.440. The summed E-state index contributed by atoms with van der Waals surface area (Å²) in [6.45, 7) is 1.98. The number of hydrogen-bond acceptors (Lipinski definition) is 4. The molecule has 2 heterocycles. The highest BCUT2D eigenvalue weighted by atomic mass is 32.1. The molecule has 1 aromatic heterocycles. The third-order valence-corrected chi connectivity index (χ3v) is 4.16. The quantitative estimate of drug-likeness (QED) is 0.914. The Morgan fingerprint density at radius 1 is 1.32 bits per heavy atom. The van der Waals surface area contributed by atoms with Gasteiger partial charge < -0.3 is 5.32 Å². The van der Waals surface area contributed by atoms with Gasteiger partial charge in [0.15, 0.2) is 0 Å². The van der Waals surface area contributed by atoms with Crippen molar-refractivity contribution in [2.75, 3.05) is 5.32 Å². The van der Waals surface area contributed by atoms with Gasteiger partial charge in [-0.3, -0.25) is 9.59 Å². The maximum absolute atomic E-state index is 12.0. The molecule has 0 radical (unpaired) electrons. The molecule has 1 aliphatic heterocycles. The molecule has 2 N–H and O–H groups in total. The van der Waals surface area contributed by atoms with Crippen LogP contribution in [0.25, 0.3) is 0 Å². The third-order valence-electron chi connectivity index (χ3n) is 3.48. The number of hydrogen-bond donors (Lipinski definition) is 2. The van der Waals surface area contributed by atoms with Crippen molar-refractivity contribution in [1.29, 1.82) is 0 Å². The Labute approximate surface area is 132 Å². The second-order valence-electron chi connectivity index (χ2n) is 5.18. The second-order valence-corrected chi connectivity index (χ2v) is 5.96. The summed E-state index contributed by atoms with van der Waals surface area (Å²) < 4.78 is 0. The van der Waals surface area contributed by atoms with E-state index >= 15 is 0 Å². The van der Waals surface area contributed by atoms with Crippen molar-refractivity contribution in [2.45, 2.75) is 13.3 Å². The van der Waals surface area contributed by atoms with E-state index in [0.717, 1.165) is 17.0 Å². The lowest BCUT2D eigenvalue weighted by Crippen LogP contribution is -2.31. The third kappa shape index (κ3) is 3.07. The SMILES string of the molecule is CC1CC(=O)NN=C1c1ccc(NC(=O)c2ccsc2)cc1. The Kier molecular flexibility index (Phi) is 4.02. The van der Waals surface area contributed by atoms with Crippen molar-refractivity contribution in [3.63, 3.8) is 0 Å². The minimum Gasteiger partial charge on any atom is -0.322 e. The van der Waals surface area contributed by atoms with Crippen LogP contribution < -0.4 is 10.7 Å². The number of carbonyl (C=O) groups excluding carboxylic acids is 2. The molecule has 112 valence electrons. The summed E-state index contributed by atoms with van der Waals surface area (Å²) in [4.78, 5) is 23.2. The number of nitrogens with zero attached hydrogens (tertiary/aromatic N) is 1. The molecule has 0 fully saturated rings. The molecule has 22 heavy (non-hydrogen) atoms. The predicted octanol–water partition coefficient (Wildman–Crippen LogP) is 2.86. The Balaban J connectivity index is 1.73. The van der Waals surface area contributed by atoms with Gasteiger partial charge in [-0.1, -0.05) is 19.1 Å². The molecule has 0 aliphatic carbocycles. The fraction of sp³-hybridized carbons (Fsp3) is 0.188. The van der Waals surface area contributed by atoms with Gasteiger partial charge in [0.1, 0.15) is 0 Å². The van der Waals surface area contributed by atoms with Gasteiger partial charge in [-0.05, 0) is 29.1 Å². The zero-order valence-electron chi connectivity index (χ0n) is 12.0. The van der Waals surface area contributed by atoms with Crippen LogP contribution in [-0.4, -0.2) is 17.5 Å². The molecule has 6 heteroatoms. The van der Waals surface area contributed by atoms with E-state index in [0.29, 0.717) is 12.0 Å². The Hall–Kier alpha value is -2.47. The zero-order chi connectivity index (χ0) is 15.5. The fourth-order valence-corrected chi connectivity index (χ4v) is 2.96. The predicted molar refractivity (Wildman–Crippen MR) is 87.2 cm³/mol. The van der Waals surface area contributed by atoms with E-state index in [1.54, 1.807) is 6.07 Å². The molecule has 3 rings (SSSR count). The smallest absolute Gasteiger partial charge is 0.256 e. The number of benzene rings is 1. The average molecular weight is 313 g/mol. The highest BCUT2D eigenvalue weighted by molar-refractivity contribution is 7.08. The van der Waals surface area contributed by atoms with Crippen LogP contribution >= 0.6 is 11.3 Å². The molecule has 5 nitrogen and oxygen atoms in total. The van der Waals surface area contributed by atoms with Gasteiger partial charge in [-0.25, -0.2) is 5.43 Å². The zero-order valence-corrected chi connectivity index (χ0v) is 12.8. The molecule has 1 aliphatic rings. The van der Waals surface area contributed by atoms with Gasteiger partial charge in [0.25, 0.3) is 5.91 Å². The first kappa shape index (κ1) is 14.5. The first-order chi connectivity index (χ1) is 10.6. The molecule has 2 aromatic rings. The van der Waals surface area contributed by atoms with Gasteiger partial charge in [0.05, 0.1) is 11.3 Å². The molecule has 1 aromatic carbocycles. The lowest BCUT2D eigenvalue weighted by atomic mass is 9.94. The fourth-order valence-electron chi connectivity index (χ4n) is 2.32. The molecule has 0 saturated heterocycles. The Bertz CT molecular complexity index is 720. The van der Waals surface area contributed by atoms with Crippen LogP contribution in [0, 0.1) is 5.92 Å². The van der Waals surface area contributed by atoms with Crippen LogP contribution in [0.4, 0.5) is 5.69 Å². The lowest BCUT2D eigenvalue weighted by molar-refractivity contribution is -0.121. The van der Waals surface area contributed by atoms with E-state index in [4.69, 9.17) is 0 Å². The summed E-state index contributed by atoms with van der Waals surface area (Å²) in [5, 5.41) is 10.7. The number of rotatable bonds is 3. The Morgan fingerprint density at radius 3 is 2.73 bits per heavy atom. The van der Waals surface area contributed by atoms with Gasteiger partial charge in [-0.2, -0.15) is 16.4 Å². The van der Waals surface area contributed by atoms with E-state index in [-0.39, 0.29) is 17.7 Å². The van der Waals surface area contributed by atoms with Crippen LogP contribution in [0.5, 0.6) is 0 Å². The van der Waals surface area contributed by atoms with Crippen molar-refractivity contribution >= 4 is 34.6 Å². The molecule has 1 atom stereocenters. The van der Waals surface area contributed by atoms with E-state index in [1.807, 2.05) is 41.9 Å². The molecule has 0 saturated carbocycles. The van der Waals surface area contributed by atoms with Crippen LogP contribution in [0.15, 0.2) is 46.2 Å². The molecular formula is C16H15N3O2S. The van der Waals surface area contributed by atoms with Crippen LogP contribution in [0.2, 0.25) is 0 Å². The first-order valence-electron chi connectivity index (χ1n) is 6.94. The Morgan fingerprint density at radius 2 is 2.09 bits per heavy atom. The highest BCUT2D eigenvalue weighted by Gasteiger charge is 2.21. The summed E-state index contributed by atoms with van der Waals surface area (Å²) in [7, 11) is 0. The number of hydrazone groups is 1. The van der Waals surface area contributed by atoms with Gasteiger partial charge in [-0.15, -0.1) is 0 Å². The summed E-state index contributed by atoms with van der Waals surface area (Å²) in [5.74, 6) is -0.0967.